The summed E-state index contributed by atoms with van der Waals surface area (Å²) in [5, 5.41) is 4.57. The zero-order chi connectivity index (χ0) is 12.0. The fourth-order valence-corrected chi connectivity index (χ4v) is 4.38. The number of Topliss-reactive ketones (excluding diaryl/α,β-unsaturated/α-hetero) is 1. The summed E-state index contributed by atoms with van der Waals surface area (Å²) in [4.78, 5) is 11.6. The first-order valence-corrected chi connectivity index (χ1v) is 7.16. The second-order valence-electron chi connectivity index (χ2n) is 5.45. The molecule has 0 aromatic carbocycles. The van der Waals surface area contributed by atoms with Crippen molar-refractivity contribution < 1.29 is 4.79 Å². The van der Waals surface area contributed by atoms with E-state index in [0.29, 0.717) is 6.04 Å². The molecule has 0 radical (unpaired) electrons. The molecule has 1 N–H and O–H groups in total. The van der Waals surface area contributed by atoms with Crippen LogP contribution in [-0.4, -0.2) is 16.2 Å². The number of carbonyl (C=O) groups is 1. The monoisotopic (exact) mass is 250 g/mol. The van der Waals surface area contributed by atoms with Crippen LogP contribution in [-0.2, 0) is 0 Å². The summed E-state index contributed by atoms with van der Waals surface area (Å²) >= 11 is 1.44. The highest BCUT2D eigenvalue weighted by atomic mass is 32.1. The maximum Gasteiger partial charge on any atom is 0.164 e. The van der Waals surface area contributed by atoms with Gasteiger partial charge in [-0.3, -0.25) is 4.79 Å². The molecule has 2 aliphatic rings. The second kappa shape index (κ2) is 4.09. The Balaban J connectivity index is 1.79. The molecule has 3 atom stereocenters. The molecule has 3 rings (SSSR count). The molecule has 1 heterocycles. The van der Waals surface area contributed by atoms with Gasteiger partial charge in [-0.05, 0) is 56.5 Å². The van der Waals surface area contributed by atoms with Crippen molar-refractivity contribution in [3.8, 4) is 0 Å². The van der Waals surface area contributed by atoms with Crippen LogP contribution in [0.4, 0.5) is 5.00 Å². The van der Waals surface area contributed by atoms with Gasteiger partial charge in [-0.1, -0.05) is 6.42 Å². The SMILES string of the molecule is CC(=O)c1c(C)nsc1NC1CC2CCC1C2. The summed E-state index contributed by atoms with van der Waals surface area (Å²) in [5.41, 5.74) is 1.67. The summed E-state index contributed by atoms with van der Waals surface area (Å²) in [6.07, 6.45) is 5.42. The lowest BCUT2D eigenvalue weighted by Gasteiger charge is -2.23. The van der Waals surface area contributed by atoms with Gasteiger partial charge >= 0.3 is 0 Å². The Hall–Kier alpha value is -0.900. The molecular weight excluding hydrogens is 232 g/mol. The smallest absolute Gasteiger partial charge is 0.164 e. The molecule has 17 heavy (non-hydrogen) atoms. The summed E-state index contributed by atoms with van der Waals surface area (Å²) in [7, 11) is 0. The van der Waals surface area contributed by atoms with E-state index in [1.54, 1.807) is 6.92 Å². The number of carbonyl (C=O) groups excluding carboxylic acids is 1. The predicted octanol–water partition coefficient (Wildman–Crippen LogP) is 3.25. The Labute approximate surface area is 106 Å². The number of aromatic nitrogens is 1. The van der Waals surface area contributed by atoms with Crippen LogP contribution in [0.25, 0.3) is 0 Å². The molecule has 0 amide bonds. The van der Waals surface area contributed by atoms with Crippen molar-refractivity contribution in [2.45, 2.75) is 45.6 Å². The van der Waals surface area contributed by atoms with Crippen LogP contribution in [0.15, 0.2) is 0 Å². The summed E-state index contributed by atoms with van der Waals surface area (Å²) in [5.74, 6) is 1.87. The van der Waals surface area contributed by atoms with Gasteiger partial charge in [0.15, 0.2) is 5.78 Å². The normalized spacial score (nSPS) is 30.8. The highest BCUT2D eigenvalue weighted by Crippen LogP contribution is 2.46. The van der Waals surface area contributed by atoms with Crippen molar-refractivity contribution in [1.29, 1.82) is 0 Å². The number of hydrogen-bond donors (Lipinski definition) is 1. The standard InChI is InChI=1S/C13H18N2OS/c1-7-12(8(2)16)13(17-15-7)14-11-6-9-3-4-10(11)5-9/h9-11,14H,3-6H2,1-2H3. The van der Waals surface area contributed by atoms with E-state index in [0.717, 1.165) is 28.1 Å². The summed E-state index contributed by atoms with van der Waals surface area (Å²) in [6.45, 7) is 3.54. The van der Waals surface area contributed by atoms with E-state index in [2.05, 4.69) is 9.69 Å². The molecule has 3 unspecified atom stereocenters. The van der Waals surface area contributed by atoms with Gasteiger partial charge in [-0.15, -0.1) is 0 Å². The van der Waals surface area contributed by atoms with Crippen LogP contribution in [0.1, 0.15) is 48.7 Å². The van der Waals surface area contributed by atoms with Crippen LogP contribution in [0.3, 0.4) is 0 Å². The van der Waals surface area contributed by atoms with Crippen molar-refractivity contribution in [3.05, 3.63) is 11.3 Å². The van der Waals surface area contributed by atoms with Gasteiger partial charge in [0.1, 0.15) is 5.00 Å². The summed E-state index contributed by atoms with van der Waals surface area (Å²) < 4.78 is 4.30. The van der Waals surface area contributed by atoms with Gasteiger partial charge in [-0.2, -0.15) is 4.37 Å². The van der Waals surface area contributed by atoms with Crippen molar-refractivity contribution in [2.75, 3.05) is 5.32 Å². The molecular formula is C13H18N2OS. The Morgan fingerprint density at radius 1 is 1.41 bits per heavy atom. The molecule has 2 saturated carbocycles. The average Bonchev–Trinajstić information content (AvgIpc) is 2.93. The van der Waals surface area contributed by atoms with Crippen molar-refractivity contribution in [3.63, 3.8) is 0 Å². The molecule has 0 spiro atoms. The van der Waals surface area contributed by atoms with Crippen molar-refractivity contribution in [2.24, 2.45) is 11.8 Å². The van der Waals surface area contributed by atoms with Gasteiger partial charge in [-0.25, -0.2) is 0 Å². The van der Waals surface area contributed by atoms with Gasteiger partial charge in [0.2, 0.25) is 0 Å². The number of fused-ring (bicyclic) bond motifs is 2. The van der Waals surface area contributed by atoms with Crippen LogP contribution in [0.2, 0.25) is 0 Å². The van der Waals surface area contributed by atoms with E-state index in [-0.39, 0.29) is 5.78 Å². The molecule has 2 bridgehead atoms. The maximum atomic E-state index is 11.6. The van der Waals surface area contributed by atoms with Gasteiger partial charge < -0.3 is 5.32 Å². The highest BCUT2D eigenvalue weighted by molar-refractivity contribution is 7.10. The largest absolute Gasteiger partial charge is 0.372 e. The third kappa shape index (κ3) is 1.88. The molecule has 0 aliphatic heterocycles. The molecule has 2 aliphatic carbocycles. The fourth-order valence-electron chi connectivity index (χ4n) is 3.47. The number of rotatable bonds is 3. The number of anilines is 1. The Morgan fingerprint density at radius 2 is 2.24 bits per heavy atom. The van der Waals surface area contributed by atoms with Gasteiger partial charge in [0, 0.05) is 6.04 Å². The minimum Gasteiger partial charge on any atom is -0.372 e. The van der Waals surface area contributed by atoms with Crippen LogP contribution in [0, 0.1) is 18.8 Å². The van der Waals surface area contributed by atoms with Crippen LogP contribution in [0.5, 0.6) is 0 Å². The number of ketones is 1. The van der Waals surface area contributed by atoms with E-state index in [1.165, 1.54) is 37.2 Å². The number of nitrogens with zero attached hydrogens (tertiary/aromatic N) is 1. The number of aryl methyl sites for hydroxylation is 1. The quantitative estimate of drug-likeness (QED) is 0.837. The Bertz CT molecular complexity index is 454. The topological polar surface area (TPSA) is 42.0 Å². The van der Waals surface area contributed by atoms with Crippen molar-refractivity contribution in [1.82, 2.24) is 4.37 Å². The van der Waals surface area contributed by atoms with Crippen LogP contribution < -0.4 is 5.32 Å². The lowest BCUT2D eigenvalue weighted by molar-refractivity contribution is 0.101. The number of nitrogens with one attached hydrogen (secondary N) is 1. The average molecular weight is 250 g/mol. The Morgan fingerprint density at radius 3 is 2.82 bits per heavy atom. The minimum absolute atomic E-state index is 0.127. The van der Waals surface area contributed by atoms with E-state index in [4.69, 9.17) is 0 Å². The van der Waals surface area contributed by atoms with Gasteiger partial charge in [0.05, 0.1) is 11.3 Å². The zero-order valence-electron chi connectivity index (χ0n) is 10.3. The third-order valence-corrected chi connectivity index (χ3v) is 5.14. The maximum absolute atomic E-state index is 11.6. The second-order valence-corrected chi connectivity index (χ2v) is 6.23. The minimum atomic E-state index is 0.127. The predicted molar refractivity (Wildman–Crippen MR) is 69.7 cm³/mol. The van der Waals surface area contributed by atoms with Gasteiger partial charge in [0.25, 0.3) is 0 Å². The van der Waals surface area contributed by atoms with Crippen LogP contribution >= 0.6 is 11.5 Å². The zero-order valence-corrected chi connectivity index (χ0v) is 11.1. The molecule has 3 nitrogen and oxygen atoms in total. The molecule has 0 saturated heterocycles. The van der Waals surface area contributed by atoms with E-state index >= 15 is 0 Å². The first-order valence-electron chi connectivity index (χ1n) is 6.39. The first-order chi connectivity index (χ1) is 8.15. The van der Waals surface area contributed by atoms with E-state index < -0.39 is 0 Å². The third-order valence-electron chi connectivity index (χ3n) is 4.27. The summed E-state index contributed by atoms with van der Waals surface area (Å²) in [6, 6.07) is 0.576. The number of hydrogen-bond acceptors (Lipinski definition) is 4. The first kappa shape index (κ1) is 11.2. The van der Waals surface area contributed by atoms with Crippen molar-refractivity contribution >= 4 is 22.3 Å². The lowest BCUT2D eigenvalue weighted by Crippen LogP contribution is -2.26. The molecule has 1 aromatic rings. The molecule has 2 fully saturated rings. The lowest BCUT2D eigenvalue weighted by atomic mass is 9.95. The molecule has 1 aromatic heterocycles. The van der Waals surface area contributed by atoms with E-state index in [1.807, 2.05) is 6.92 Å². The fraction of sp³-hybridized carbons (Fsp3) is 0.692. The highest BCUT2D eigenvalue weighted by Gasteiger charge is 2.39. The van der Waals surface area contributed by atoms with E-state index in [9.17, 15) is 4.79 Å². The molecule has 92 valence electrons. The Kier molecular flexibility index (Phi) is 2.69. The molecule has 4 heteroatoms.